The van der Waals surface area contributed by atoms with Gasteiger partial charge in [0.15, 0.2) is 11.5 Å². The number of carbonyl (C=O) groups excluding carboxylic acids is 1. The molecular weight excluding hydrogens is 309 g/mol. The van der Waals surface area contributed by atoms with Crippen LogP contribution < -0.4 is 0 Å². The van der Waals surface area contributed by atoms with E-state index >= 15 is 0 Å². The first kappa shape index (κ1) is 18.3. The average molecular weight is 332 g/mol. The maximum absolute atomic E-state index is 14.1. The lowest BCUT2D eigenvalue weighted by Gasteiger charge is -2.09. The fourth-order valence-electron chi connectivity index (χ4n) is 2.45. The molecule has 2 aromatic rings. The van der Waals surface area contributed by atoms with E-state index in [0.717, 1.165) is 12.8 Å². The number of nitrogens with zero attached hydrogens (tertiary/aromatic N) is 3. The Kier molecular flexibility index (Phi) is 6.61. The third-order valence-electron chi connectivity index (χ3n) is 3.57. The molecule has 0 aliphatic carbocycles. The van der Waals surface area contributed by atoms with Gasteiger partial charge in [0.1, 0.15) is 11.5 Å². The summed E-state index contributed by atoms with van der Waals surface area (Å²) in [6.07, 6.45) is 3.84. The van der Waals surface area contributed by atoms with Crippen molar-refractivity contribution >= 4 is 5.78 Å². The summed E-state index contributed by atoms with van der Waals surface area (Å²) in [4.78, 5) is 12.4. The van der Waals surface area contributed by atoms with E-state index in [4.69, 9.17) is 4.74 Å². The molecule has 0 saturated heterocycles. The van der Waals surface area contributed by atoms with Crippen LogP contribution in [0.3, 0.4) is 0 Å². The minimum absolute atomic E-state index is 0.109. The van der Waals surface area contributed by atoms with Gasteiger partial charge in [0.25, 0.3) is 0 Å². The Morgan fingerprint density at radius 2 is 2.08 bits per heavy atom. The molecule has 0 spiro atoms. The number of unbranched alkanes of at least 4 members (excludes halogenated alkanes) is 1. The van der Waals surface area contributed by atoms with Crippen molar-refractivity contribution in [2.24, 2.45) is 5.92 Å². The Hall–Kier alpha value is -2.08. The molecule has 0 aliphatic heterocycles. The van der Waals surface area contributed by atoms with Crippen molar-refractivity contribution in [2.45, 2.75) is 33.1 Å². The van der Waals surface area contributed by atoms with E-state index in [1.807, 2.05) is 13.8 Å². The lowest BCUT2D eigenvalue weighted by Crippen LogP contribution is -2.11. The molecule has 1 radical (unpaired) electrons. The molecule has 2 rings (SSSR count). The van der Waals surface area contributed by atoms with Crippen molar-refractivity contribution in [1.82, 2.24) is 15.0 Å². The highest BCUT2D eigenvalue weighted by Crippen LogP contribution is 2.20. The number of para-hydroxylation sites is 1. The summed E-state index contributed by atoms with van der Waals surface area (Å²) in [5.74, 6) is -0.459. The van der Waals surface area contributed by atoms with Gasteiger partial charge in [-0.1, -0.05) is 31.2 Å². The van der Waals surface area contributed by atoms with Gasteiger partial charge in [-0.2, -0.15) is 0 Å². The Balaban J connectivity index is 2.34. The second kappa shape index (κ2) is 8.68. The van der Waals surface area contributed by atoms with Crippen LogP contribution in [0.5, 0.6) is 0 Å². The zero-order chi connectivity index (χ0) is 17.5. The van der Waals surface area contributed by atoms with E-state index < -0.39 is 5.82 Å². The number of benzene rings is 1. The van der Waals surface area contributed by atoms with Crippen molar-refractivity contribution in [3.8, 4) is 5.69 Å². The molecule has 0 N–H and O–H groups in total. The molecule has 0 amide bonds. The van der Waals surface area contributed by atoms with Crippen LogP contribution in [-0.4, -0.2) is 34.5 Å². The number of aromatic nitrogens is 3. The summed E-state index contributed by atoms with van der Waals surface area (Å²) in [6.45, 7) is 4.50. The fourth-order valence-corrected chi connectivity index (χ4v) is 2.45. The number of ketones is 1. The van der Waals surface area contributed by atoms with Crippen LogP contribution in [0.1, 0.15) is 42.9 Å². The molecule has 5 nitrogen and oxygen atoms in total. The Labute approximate surface area is 141 Å². The van der Waals surface area contributed by atoms with Gasteiger partial charge in [-0.25, -0.2) is 9.07 Å². The van der Waals surface area contributed by atoms with Gasteiger partial charge in [-0.15, -0.1) is 5.10 Å². The van der Waals surface area contributed by atoms with Gasteiger partial charge in [-0.3, -0.25) is 4.79 Å². The number of methoxy groups -OCH3 is 1. The van der Waals surface area contributed by atoms with Crippen molar-refractivity contribution < 1.29 is 13.9 Å². The van der Waals surface area contributed by atoms with Gasteiger partial charge in [0, 0.05) is 20.1 Å². The third kappa shape index (κ3) is 4.47. The summed E-state index contributed by atoms with van der Waals surface area (Å²) in [6, 6.07) is 6.35. The second-order valence-electron chi connectivity index (χ2n) is 5.97. The molecule has 0 aliphatic rings. The first-order valence-corrected chi connectivity index (χ1v) is 8.12. The average Bonchev–Trinajstić information content (AvgIpc) is 2.95. The van der Waals surface area contributed by atoms with Crippen molar-refractivity contribution in [3.05, 3.63) is 47.9 Å². The largest absolute Gasteiger partial charge is 0.385 e. The molecule has 6 heteroatoms. The highest BCUT2D eigenvalue weighted by atomic mass is 19.1. The van der Waals surface area contributed by atoms with Crippen LogP contribution >= 0.6 is 0 Å². The normalized spacial score (nSPS) is 11.2. The highest BCUT2D eigenvalue weighted by Gasteiger charge is 2.22. The Morgan fingerprint density at radius 3 is 2.75 bits per heavy atom. The molecule has 1 heterocycles. The van der Waals surface area contributed by atoms with Crippen LogP contribution in [0.25, 0.3) is 5.69 Å². The number of carbonyl (C=O) groups is 1. The van der Waals surface area contributed by atoms with Gasteiger partial charge in [0.2, 0.25) is 0 Å². The van der Waals surface area contributed by atoms with Gasteiger partial charge in [0.05, 0.1) is 5.69 Å². The summed E-state index contributed by atoms with van der Waals surface area (Å²) < 4.78 is 20.6. The van der Waals surface area contributed by atoms with Gasteiger partial charge >= 0.3 is 0 Å². The quantitative estimate of drug-likeness (QED) is 0.521. The number of halogens is 1. The van der Waals surface area contributed by atoms with E-state index in [2.05, 4.69) is 10.3 Å². The third-order valence-corrected chi connectivity index (χ3v) is 3.57. The zero-order valence-electron chi connectivity index (χ0n) is 14.3. The maximum atomic E-state index is 14.1. The number of Topliss-reactive ketones (excluding diaryl/α,β-unsaturated/α-hetero) is 1. The summed E-state index contributed by atoms with van der Waals surface area (Å²) in [7, 11) is 1.65. The van der Waals surface area contributed by atoms with Crippen molar-refractivity contribution in [1.29, 1.82) is 0 Å². The molecule has 0 atom stereocenters. The molecule has 0 saturated carbocycles. The summed E-state index contributed by atoms with van der Waals surface area (Å²) >= 11 is 0. The topological polar surface area (TPSA) is 57.0 Å². The lowest BCUT2D eigenvalue weighted by atomic mass is 10.0. The van der Waals surface area contributed by atoms with E-state index in [1.54, 1.807) is 31.7 Å². The Bertz CT molecular complexity index is 683. The van der Waals surface area contributed by atoms with Crippen molar-refractivity contribution in [2.75, 3.05) is 13.7 Å². The Morgan fingerprint density at radius 1 is 1.33 bits per heavy atom. The fraction of sp³-hybridized carbons (Fsp3) is 0.444. The first-order chi connectivity index (χ1) is 11.5. The van der Waals surface area contributed by atoms with Crippen LogP contribution in [0, 0.1) is 18.2 Å². The molecule has 1 aromatic carbocycles. The SMILES string of the molecule is COCCCCc1c(C(=O)[CH]C(C)C)nnn1-c1ccccc1F. The van der Waals surface area contributed by atoms with Crippen molar-refractivity contribution in [3.63, 3.8) is 0 Å². The van der Waals surface area contributed by atoms with Crippen LogP contribution in [-0.2, 0) is 11.2 Å². The molecule has 0 fully saturated rings. The van der Waals surface area contributed by atoms with E-state index in [-0.39, 0.29) is 11.7 Å². The molecule has 1 aromatic heterocycles. The first-order valence-electron chi connectivity index (χ1n) is 8.12. The molecule has 24 heavy (non-hydrogen) atoms. The second-order valence-corrected chi connectivity index (χ2v) is 5.97. The van der Waals surface area contributed by atoms with Crippen LogP contribution in [0.15, 0.2) is 24.3 Å². The minimum Gasteiger partial charge on any atom is -0.385 e. The minimum atomic E-state index is -0.396. The van der Waals surface area contributed by atoms with Gasteiger partial charge < -0.3 is 4.74 Å². The monoisotopic (exact) mass is 332 g/mol. The number of ether oxygens (including phenoxy) is 1. The van der Waals surface area contributed by atoms with Crippen LogP contribution in [0.2, 0.25) is 0 Å². The van der Waals surface area contributed by atoms with E-state index in [1.165, 1.54) is 10.7 Å². The zero-order valence-corrected chi connectivity index (χ0v) is 14.3. The molecular formula is C18H23FN3O2. The van der Waals surface area contributed by atoms with Crippen LogP contribution in [0.4, 0.5) is 4.39 Å². The number of rotatable bonds is 9. The number of hydrogen-bond donors (Lipinski definition) is 0. The van der Waals surface area contributed by atoms with Gasteiger partial charge in [-0.05, 0) is 37.3 Å². The summed E-state index contributed by atoms with van der Waals surface area (Å²) in [5, 5.41) is 8.05. The highest BCUT2D eigenvalue weighted by molar-refractivity contribution is 6.01. The smallest absolute Gasteiger partial charge is 0.189 e. The molecule has 0 unspecified atom stereocenters. The predicted molar refractivity (Wildman–Crippen MR) is 89.6 cm³/mol. The summed E-state index contributed by atoms with van der Waals surface area (Å²) in [5.41, 5.74) is 1.23. The molecule has 0 bridgehead atoms. The predicted octanol–water partition coefficient (Wildman–Crippen LogP) is 3.42. The molecule has 129 valence electrons. The van der Waals surface area contributed by atoms with E-state index in [9.17, 15) is 9.18 Å². The standard InChI is InChI=1S/C18H23FN3O2/c1-13(2)12-17(23)18-16(10-6-7-11-24-3)22(21-20-18)15-9-5-4-8-14(15)19/h4-5,8-9,12-13H,6-7,10-11H2,1-3H3. The maximum Gasteiger partial charge on any atom is 0.189 e. The lowest BCUT2D eigenvalue weighted by molar-refractivity contribution is 0.101. The number of hydrogen-bond acceptors (Lipinski definition) is 4. The van der Waals surface area contributed by atoms with E-state index in [0.29, 0.717) is 30.1 Å².